The van der Waals surface area contributed by atoms with E-state index in [0.717, 1.165) is 16.0 Å². The minimum Gasteiger partial charge on any atom is -0.351 e. The molecule has 0 saturated heterocycles. The summed E-state index contributed by atoms with van der Waals surface area (Å²) in [5.74, 6) is 1.52. The average molecular weight is 361 g/mol. The van der Waals surface area contributed by atoms with Crippen molar-refractivity contribution in [2.24, 2.45) is 0 Å². The Morgan fingerprint density at radius 3 is 2.73 bits per heavy atom. The summed E-state index contributed by atoms with van der Waals surface area (Å²) in [6, 6.07) is 8.59. The van der Waals surface area contributed by atoms with Gasteiger partial charge in [0, 0.05) is 22.4 Å². The summed E-state index contributed by atoms with van der Waals surface area (Å²) in [5, 5.41) is 6.78. The number of benzene rings is 1. The van der Waals surface area contributed by atoms with E-state index in [1.165, 1.54) is 37.7 Å². The van der Waals surface area contributed by atoms with Crippen molar-refractivity contribution in [2.45, 2.75) is 45.1 Å². The Kier molecular flexibility index (Phi) is 4.93. The lowest BCUT2D eigenvalue weighted by atomic mass is 9.96. The number of aryl methyl sites for hydroxylation is 1. The topological polar surface area (TPSA) is 49.8 Å². The molecule has 0 radical (unpaired) electrons. The van der Waals surface area contributed by atoms with E-state index in [4.69, 9.17) is 0 Å². The average Bonchev–Trinajstić information content (AvgIpc) is 2.52. The molecule has 5 heteroatoms. The van der Waals surface area contributed by atoms with E-state index in [0.29, 0.717) is 12.0 Å². The molecule has 22 heavy (non-hydrogen) atoms. The van der Waals surface area contributed by atoms with Crippen LogP contribution in [-0.4, -0.2) is 16.0 Å². The molecule has 2 N–H and O–H groups in total. The molecular weight excluding hydrogens is 340 g/mol. The minimum absolute atomic E-state index is 0.512. The first-order valence-electron chi connectivity index (χ1n) is 7.83. The zero-order valence-corrected chi connectivity index (χ0v) is 14.4. The highest BCUT2D eigenvalue weighted by Gasteiger charge is 2.14. The fraction of sp³-hybridized carbons (Fsp3) is 0.412. The predicted octanol–water partition coefficient (Wildman–Crippen LogP) is 5.04. The van der Waals surface area contributed by atoms with E-state index >= 15 is 0 Å². The summed E-state index contributed by atoms with van der Waals surface area (Å²) in [6.45, 7) is 2.07. The van der Waals surface area contributed by atoms with Crippen LogP contribution in [0, 0.1) is 6.92 Å². The molecule has 0 unspecified atom stereocenters. The molecule has 3 rings (SSSR count). The molecule has 0 atom stereocenters. The van der Waals surface area contributed by atoms with Gasteiger partial charge in [0.1, 0.15) is 5.82 Å². The number of anilines is 3. The monoisotopic (exact) mass is 360 g/mol. The molecule has 1 aromatic carbocycles. The fourth-order valence-electron chi connectivity index (χ4n) is 2.75. The van der Waals surface area contributed by atoms with Crippen LogP contribution in [0.25, 0.3) is 0 Å². The lowest BCUT2D eigenvalue weighted by Gasteiger charge is -2.22. The predicted molar refractivity (Wildman–Crippen MR) is 94.7 cm³/mol. The summed E-state index contributed by atoms with van der Waals surface area (Å²) in [5.41, 5.74) is 2.23. The summed E-state index contributed by atoms with van der Waals surface area (Å²) in [7, 11) is 0. The maximum absolute atomic E-state index is 4.57. The van der Waals surface area contributed by atoms with E-state index in [9.17, 15) is 0 Å². The fourth-order valence-corrected chi connectivity index (χ4v) is 3.12. The normalized spacial score (nSPS) is 15.5. The van der Waals surface area contributed by atoms with Crippen molar-refractivity contribution in [1.82, 2.24) is 9.97 Å². The first kappa shape index (κ1) is 15.3. The van der Waals surface area contributed by atoms with Crippen LogP contribution in [0.5, 0.6) is 0 Å². The van der Waals surface area contributed by atoms with Crippen molar-refractivity contribution in [1.29, 1.82) is 0 Å². The van der Waals surface area contributed by atoms with Crippen LogP contribution < -0.4 is 10.6 Å². The van der Waals surface area contributed by atoms with E-state index in [1.54, 1.807) is 6.20 Å². The molecule has 1 heterocycles. The third-order valence-corrected chi connectivity index (χ3v) is 4.89. The van der Waals surface area contributed by atoms with Gasteiger partial charge in [0.2, 0.25) is 5.95 Å². The molecule has 1 aliphatic rings. The summed E-state index contributed by atoms with van der Waals surface area (Å²) in [4.78, 5) is 8.90. The first-order valence-corrected chi connectivity index (χ1v) is 8.63. The number of hydrogen-bond donors (Lipinski definition) is 2. The van der Waals surface area contributed by atoms with Crippen LogP contribution >= 0.6 is 15.9 Å². The Morgan fingerprint density at radius 2 is 1.95 bits per heavy atom. The number of hydrogen-bond acceptors (Lipinski definition) is 4. The second-order valence-electron chi connectivity index (χ2n) is 5.83. The van der Waals surface area contributed by atoms with Crippen molar-refractivity contribution in [3.63, 3.8) is 0 Å². The van der Waals surface area contributed by atoms with Gasteiger partial charge in [0.15, 0.2) is 0 Å². The van der Waals surface area contributed by atoms with E-state index in [-0.39, 0.29) is 0 Å². The Balaban J connectivity index is 1.68. The third kappa shape index (κ3) is 3.97. The van der Waals surface area contributed by atoms with Gasteiger partial charge in [0.05, 0.1) is 0 Å². The molecule has 116 valence electrons. The highest BCUT2D eigenvalue weighted by Crippen LogP contribution is 2.24. The summed E-state index contributed by atoms with van der Waals surface area (Å²) < 4.78 is 1.09. The Bertz CT molecular complexity index is 638. The minimum atomic E-state index is 0.512. The quantitative estimate of drug-likeness (QED) is 0.801. The van der Waals surface area contributed by atoms with Crippen molar-refractivity contribution in [3.8, 4) is 0 Å². The van der Waals surface area contributed by atoms with E-state index < -0.39 is 0 Å². The lowest BCUT2D eigenvalue weighted by Crippen LogP contribution is -2.23. The summed E-state index contributed by atoms with van der Waals surface area (Å²) >= 11 is 3.55. The number of aromatic nitrogens is 2. The van der Waals surface area contributed by atoms with Gasteiger partial charge in [-0.25, -0.2) is 4.98 Å². The zero-order chi connectivity index (χ0) is 15.4. The molecule has 0 bridgehead atoms. The van der Waals surface area contributed by atoms with Gasteiger partial charge in [-0.2, -0.15) is 4.98 Å². The Morgan fingerprint density at radius 1 is 1.14 bits per heavy atom. The van der Waals surface area contributed by atoms with Crippen LogP contribution in [0.3, 0.4) is 0 Å². The van der Waals surface area contributed by atoms with Gasteiger partial charge in [-0.3, -0.25) is 0 Å². The van der Waals surface area contributed by atoms with Crippen LogP contribution in [-0.2, 0) is 0 Å². The second-order valence-corrected chi connectivity index (χ2v) is 6.69. The van der Waals surface area contributed by atoms with E-state index in [1.807, 2.05) is 6.07 Å². The molecular formula is C17H21BrN4. The number of nitrogens with zero attached hydrogens (tertiary/aromatic N) is 2. The standard InChI is InChI=1S/C17H21BrN4/c1-12-7-8-14(11-15(12)18)20-16-9-10-19-17(22-16)21-13-5-3-2-4-6-13/h7-11,13H,2-6H2,1H3,(H2,19,20,21,22). The van der Waals surface area contributed by atoms with Crippen molar-refractivity contribution in [2.75, 3.05) is 10.6 Å². The molecule has 0 aliphatic heterocycles. The molecule has 1 aliphatic carbocycles. The first-order chi connectivity index (χ1) is 10.7. The van der Waals surface area contributed by atoms with Crippen LogP contribution in [0.1, 0.15) is 37.7 Å². The molecule has 1 fully saturated rings. The number of rotatable bonds is 4. The van der Waals surface area contributed by atoms with Gasteiger partial charge in [-0.05, 0) is 43.5 Å². The Labute approximate surface area is 139 Å². The summed E-state index contributed by atoms with van der Waals surface area (Å²) in [6.07, 6.45) is 8.17. The molecule has 1 saturated carbocycles. The highest BCUT2D eigenvalue weighted by atomic mass is 79.9. The van der Waals surface area contributed by atoms with E-state index in [2.05, 4.69) is 61.7 Å². The smallest absolute Gasteiger partial charge is 0.224 e. The molecule has 0 amide bonds. The largest absolute Gasteiger partial charge is 0.351 e. The van der Waals surface area contributed by atoms with Crippen molar-refractivity contribution >= 4 is 33.4 Å². The van der Waals surface area contributed by atoms with Gasteiger partial charge in [-0.1, -0.05) is 41.3 Å². The Hall–Kier alpha value is -1.62. The molecule has 1 aromatic heterocycles. The number of halogens is 1. The van der Waals surface area contributed by atoms with Crippen LogP contribution in [0.2, 0.25) is 0 Å². The van der Waals surface area contributed by atoms with Crippen molar-refractivity contribution < 1.29 is 0 Å². The van der Waals surface area contributed by atoms with Gasteiger partial charge >= 0.3 is 0 Å². The van der Waals surface area contributed by atoms with Gasteiger partial charge in [-0.15, -0.1) is 0 Å². The third-order valence-electron chi connectivity index (χ3n) is 4.04. The van der Waals surface area contributed by atoms with Crippen LogP contribution in [0.15, 0.2) is 34.9 Å². The lowest BCUT2D eigenvalue weighted by molar-refractivity contribution is 0.461. The molecule has 2 aromatic rings. The SMILES string of the molecule is Cc1ccc(Nc2ccnc(NC3CCCCC3)n2)cc1Br. The molecule has 0 spiro atoms. The molecule has 4 nitrogen and oxygen atoms in total. The van der Waals surface area contributed by atoms with Gasteiger partial charge < -0.3 is 10.6 Å². The number of nitrogens with one attached hydrogen (secondary N) is 2. The second kappa shape index (κ2) is 7.09. The highest BCUT2D eigenvalue weighted by molar-refractivity contribution is 9.10. The maximum atomic E-state index is 4.57. The van der Waals surface area contributed by atoms with Crippen molar-refractivity contribution in [3.05, 3.63) is 40.5 Å². The maximum Gasteiger partial charge on any atom is 0.224 e. The zero-order valence-electron chi connectivity index (χ0n) is 12.8. The van der Waals surface area contributed by atoms with Crippen LogP contribution in [0.4, 0.5) is 17.5 Å². The van der Waals surface area contributed by atoms with Gasteiger partial charge in [0.25, 0.3) is 0 Å².